The van der Waals surface area contributed by atoms with E-state index < -0.39 is 0 Å². The van der Waals surface area contributed by atoms with Gasteiger partial charge in [-0.1, -0.05) is 57.9 Å². The van der Waals surface area contributed by atoms with Crippen molar-refractivity contribution in [3.63, 3.8) is 0 Å². The molecule has 0 amide bonds. The maximum atomic E-state index is 13.1. The van der Waals surface area contributed by atoms with Gasteiger partial charge in [0.25, 0.3) is 0 Å². The van der Waals surface area contributed by atoms with Crippen LogP contribution < -0.4 is 0 Å². The highest BCUT2D eigenvalue weighted by atomic mass is 79.9. The van der Waals surface area contributed by atoms with Crippen molar-refractivity contribution in [3.8, 4) is 0 Å². The molecule has 19 heavy (non-hydrogen) atoms. The molecule has 1 atom stereocenters. The zero-order valence-corrected chi connectivity index (χ0v) is 12.7. The first-order valence-corrected chi connectivity index (χ1v) is 7.49. The Morgan fingerprint density at radius 1 is 1.05 bits per heavy atom. The predicted molar refractivity (Wildman–Crippen MR) is 82.3 cm³/mol. The molecule has 0 radical (unpaired) electrons. The molecule has 2 aromatic rings. The van der Waals surface area contributed by atoms with Gasteiger partial charge in [0.15, 0.2) is 0 Å². The Labute approximate surface area is 122 Å². The number of alkyl halides is 1. The summed E-state index contributed by atoms with van der Waals surface area (Å²) >= 11 is 3.69. The third kappa shape index (κ3) is 4.79. The van der Waals surface area contributed by atoms with Crippen LogP contribution in [0.4, 0.5) is 4.39 Å². The molecule has 2 heteroatoms. The first-order valence-electron chi connectivity index (χ1n) is 6.57. The van der Waals surface area contributed by atoms with Crippen molar-refractivity contribution in [1.82, 2.24) is 0 Å². The Kier molecular flexibility index (Phi) is 5.15. The van der Waals surface area contributed by atoms with Crippen LogP contribution >= 0.6 is 15.9 Å². The fraction of sp³-hybridized carbons (Fsp3) is 0.294. The van der Waals surface area contributed by atoms with Gasteiger partial charge < -0.3 is 0 Å². The van der Waals surface area contributed by atoms with Gasteiger partial charge in [0.05, 0.1) is 0 Å². The van der Waals surface area contributed by atoms with Crippen LogP contribution in [0.15, 0.2) is 48.5 Å². The second-order valence-electron chi connectivity index (χ2n) is 4.96. The average Bonchev–Trinajstić information content (AvgIpc) is 2.36. The maximum Gasteiger partial charge on any atom is 0.123 e. The monoisotopic (exact) mass is 320 g/mol. The lowest BCUT2D eigenvalue weighted by Crippen LogP contribution is -2.04. The smallest absolute Gasteiger partial charge is 0.123 e. The van der Waals surface area contributed by atoms with Gasteiger partial charge in [0, 0.05) is 4.83 Å². The molecule has 100 valence electrons. The summed E-state index contributed by atoms with van der Waals surface area (Å²) in [5.41, 5.74) is 3.71. The third-order valence-electron chi connectivity index (χ3n) is 3.17. The summed E-state index contributed by atoms with van der Waals surface area (Å²) in [5, 5.41) is 0. The molecule has 0 saturated carbocycles. The van der Waals surface area contributed by atoms with Crippen molar-refractivity contribution in [3.05, 3.63) is 71.0 Å². The molecule has 2 aromatic carbocycles. The fourth-order valence-electron chi connectivity index (χ4n) is 2.21. The zero-order chi connectivity index (χ0) is 13.7. The van der Waals surface area contributed by atoms with Gasteiger partial charge in [0.1, 0.15) is 5.82 Å². The van der Waals surface area contributed by atoms with E-state index >= 15 is 0 Å². The van der Waals surface area contributed by atoms with E-state index in [4.69, 9.17) is 0 Å². The van der Waals surface area contributed by atoms with E-state index in [0.717, 1.165) is 24.8 Å². The van der Waals surface area contributed by atoms with Gasteiger partial charge in [-0.15, -0.1) is 0 Å². The molecule has 0 aliphatic rings. The molecular formula is C17H18BrF. The van der Waals surface area contributed by atoms with Crippen molar-refractivity contribution in [2.45, 2.75) is 31.0 Å². The van der Waals surface area contributed by atoms with Gasteiger partial charge in [-0.2, -0.15) is 0 Å². The Hall–Kier alpha value is -1.15. The van der Waals surface area contributed by atoms with Crippen LogP contribution in [0.1, 0.15) is 23.1 Å². The van der Waals surface area contributed by atoms with Crippen LogP contribution in [-0.4, -0.2) is 4.83 Å². The minimum absolute atomic E-state index is 0.157. The van der Waals surface area contributed by atoms with Crippen LogP contribution in [0.2, 0.25) is 0 Å². The van der Waals surface area contributed by atoms with E-state index in [-0.39, 0.29) is 5.82 Å². The summed E-state index contributed by atoms with van der Waals surface area (Å²) in [4.78, 5) is 0.384. The predicted octanol–water partition coefficient (Wildman–Crippen LogP) is 5.07. The second-order valence-corrected chi connectivity index (χ2v) is 6.25. The fourth-order valence-corrected chi connectivity index (χ4v) is 2.82. The standard InChI is InChI=1S/C17H18BrF/c1-13-4-2-5-14(10-13)8-9-16(18)11-15-6-3-7-17(19)12-15/h2-7,10,12,16H,8-9,11H2,1H3. The van der Waals surface area contributed by atoms with Crippen molar-refractivity contribution in [2.75, 3.05) is 0 Å². The van der Waals surface area contributed by atoms with Crippen molar-refractivity contribution in [1.29, 1.82) is 0 Å². The molecule has 0 bridgehead atoms. The number of benzene rings is 2. The largest absolute Gasteiger partial charge is 0.207 e. The topological polar surface area (TPSA) is 0 Å². The molecule has 0 spiro atoms. The molecule has 0 heterocycles. The summed E-state index contributed by atoms with van der Waals surface area (Å²) in [6.07, 6.45) is 2.97. The number of hydrogen-bond acceptors (Lipinski definition) is 0. The molecule has 0 saturated heterocycles. The quantitative estimate of drug-likeness (QED) is 0.674. The lowest BCUT2D eigenvalue weighted by Gasteiger charge is -2.10. The molecule has 0 aliphatic heterocycles. The van der Waals surface area contributed by atoms with Crippen molar-refractivity contribution >= 4 is 15.9 Å². The van der Waals surface area contributed by atoms with Gasteiger partial charge in [-0.25, -0.2) is 4.39 Å². The average molecular weight is 321 g/mol. The number of halogens is 2. The van der Waals surface area contributed by atoms with Crippen LogP contribution in [0.5, 0.6) is 0 Å². The van der Waals surface area contributed by atoms with Gasteiger partial charge in [-0.05, 0) is 49.4 Å². The van der Waals surface area contributed by atoms with E-state index in [9.17, 15) is 4.39 Å². The Morgan fingerprint density at radius 2 is 1.79 bits per heavy atom. The minimum atomic E-state index is -0.157. The van der Waals surface area contributed by atoms with Gasteiger partial charge >= 0.3 is 0 Å². The minimum Gasteiger partial charge on any atom is -0.207 e. The number of hydrogen-bond donors (Lipinski definition) is 0. The summed E-state index contributed by atoms with van der Waals surface area (Å²) < 4.78 is 13.1. The molecule has 2 rings (SSSR count). The van der Waals surface area contributed by atoms with Crippen LogP contribution in [0.25, 0.3) is 0 Å². The molecule has 0 nitrogen and oxygen atoms in total. The summed E-state index contributed by atoms with van der Waals surface area (Å²) in [5.74, 6) is -0.157. The Balaban J connectivity index is 1.86. The van der Waals surface area contributed by atoms with E-state index in [1.807, 2.05) is 6.07 Å². The van der Waals surface area contributed by atoms with Crippen LogP contribution in [-0.2, 0) is 12.8 Å². The second kappa shape index (κ2) is 6.85. The number of rotatable bonds is 5. The highest BCUT2D eigenvalue weighted by Gasteiger charge is 2.07. The Morgan fingerprint density at radius 3 is 2.53 bits per heavy atom. The molecule has 0 N–H and O–H groups in total. The van der Waals surface area contributed by atoms with E-state index in [1.165, 1.54) is 17.2 Å². The molecular weight excluding hydrogens is 303 g/mol. The molecule has 0 fully saturated rings. The van der Waals surface area contributed by atoms with Gasteiger partial charge in [-0.3, -0.25) is 0 Å². The van der Waals surface area contributed by atoms with E-state index in [1.54, 1.807) is 12.1 Å². The van der Waals surface area contributed by atoms with E-state index in [0.29, 0.717) is 4.83 Å². The lowest BCUT2D eigenvalue weighted by molar-refractivity contribution is 0.624. The van der Waals surface area contributed by atoms with Crippen LogP contribution in [0, 0.1) is 12.7 Å². The molecule has 1 unspecified atom stereocenters. The lowest BCUT2D eigenvalue weighted by atomic mass is 10.0. The zero-order valence-electron chi connectivity index (χ0n) is 11.1. The van der Waals surface area contributed by atoms with Crippen molar-refractivity contribution < 1.29 is 4.39 Å². The SMILES string of the molecule is Cc1cccc(CCC(Br)Cc2cccc(F)c2)c1. The highest BCUT2D eigenvalue weighted by molar-refractivity contribution is 9.09. The summed E-state index contributed by atoms with van der Waals surface area (Å²) in [7, 11) is 0. The van der Waals surface area contributed by atoms with Crippen LogP contribution in [0.3, 0.4) is 0 Å². The maximum absolute atomic E-state index is 13.1. The normalized spacial score (nSPS) is 12.4. The first kappa shape index (κ1) is 14.3. The highest BCUT2D eigenvalue weighted by Crippen LogP contribution is 2.17. The number of aryl methyl sites for hydroxylation is 2. The van der Waals surface area contributed by atoms with Gasteiger partial charge in [0.2, 0.25) is 0 Å². The van der Waals surface area contributed by atoms with E-state index in [2.05, 4.69) is 47.1 Å². The Bertz CT molecular complexity index is 536. The molecule has 0 aliphatic carbocycles. The summed E-state index contributed by atoms with van der Waals surface area (Å²) in [6, 6.07) is 15.4. The third-order valence-corrected chi connectivity index (χ3v) is 3.96. The summed E-state index contributed by atoms with van der Waals surface area (Å²) in [6.45, 7) is 2.11. The molecule has 0 aromatic heterocycles. The van der Waals surface area contributed by atoms with Crippen molar-refractivity contribution in [2.24, 2.45) is 0 Å². The first-order chi connectivity index (χ1) is 9.13.